The zero-order valence-electron chi connectivity index (χ0n) is 10.3. The first-order valence-corrected chi connectivity index (χ1v) is 6.29. The lowest BCUT2D eigenvalue weighted by Gasteiger charge is -2.25. The van der Waals surface area contributed by atoms with Crippen LogP contribution in [0.3, 0.4) is 0 Å². The van der Waals surface area contributed by atoms with E-state index >= 15 is 0 Å². The van der Waals surface area contributed by atoms with Crippen LogP contribution in [0.2, 0.25) is 5.02 Å². The number of carbonyl (C=O) groups is 1. The number of ether oxygens (including phenoxy) is 1. The van der Waals surface area contributed by atoms with Crippen LogP contribution >= 0.6 is 27.5 Å². The number of anilines is 1. The quantitative estimate of drug-likeness (QED) is 0.764. The predicted octanol–water partition coefficient (Wildman–Crippen LogP) is 4.47. The summed E-state index contributed by atoms with van der Waals surface area (Å²) in [6.45, 7) is 5.46. The smallest absolute Gasteiger partial charge is 0.414 e. The van der Waals surface area contributed by atoms with Gasteiger partial charge >= 0.3 is 6.09 Å². The summed E-state index contributed by atoms with van der Waals surface area (Å²) in [5.74, 6) is 0. The normalized spacial score (nSPS) is 11.2. The van der Waals surface area contributed by atoms with Crippen molar-refractivity contribution in [1.82, 2.24) is 0 Å². The molecule has 5 heteroatoms. The van der Waals surface area contributed by atoms with Gasteiger partial charge in [0.2, 0.25) is 0 Å². The minimum atomic E-state index is -0.521. The van der Waals surface area contributed by atoms with Crippen LogP contribution in [-0.4, -0.2) is 18.7 Å². The van der Waals surface area contributed by atoms with Crippen molar-refractivity contribution >= 4 is 39.3 Å². The Morgan fingerprint density at radius 1 is 1.41 bits per heavy atom. The molecular formula is C12H15BrClNO2. The van der Waals surface area contributed by atoms with Gasteiger partial charge in [0.25, 0.3) is 0 Å². The number of carbonyl (C=O) groups excluding carboxylic acids is 1. The summed E-state index contributed by atoms with van der Waals surface area (Å²) in [6, 6.07) is 5.32. The van der Waals surface area contributed by atoms with Gasteiger partial charge in [-0.15, -0.1) is 0 Å². The van der Waals surface area contributed by atoms with E-state index in [0.29, 0.717) is 10.7 Å². The number of hydrogen-bond acceptors (Lipinski definition) is 2. The summed E-state index contributed by atoms with van der Waals surface area (Å²) < 4.78 is 6.12. The highest BCUT2D eigenvalue weighted by atomic mass is 79.9. The van der Waals surface area contributed by atoms with Crippen LogP contribution in [0, 0.1) is 0 Å². The Kier molecular flexibility index (Phi) is 4.44. The second kappa shape index (κ2) is 5.27. The second-order valence-electron chi connectivity index (χ2n) is 4.64. The highest BCUT2D eigenvalue weighted by Gasteiger charge is 2.21. The number of hydrogen-bond donors (Lipinski definition) is 0. The third-order valence-electron chi connectivity index (χ3n) is 1.94. The van der Waals surface area contributed by atoms with Crippen molar-refractivity contribution in [2.24, 2.45) is 0 Å². The van der Waals surface area contributed by atoms with Gasteiger partial charge in [-0.2, -0.15) is 0 Å². The molecule has 0 atom stereocenters. The molecule has 0 aliphatic heterocycles. The largest absolute Gasteiger partial charge is 0.443 e. The molecule has 94 valence electrons. The Balaban J connectivity index is 2.89. The van der Waals surface area contributed by atoms with Crippen LogP contribution in [0.5, 0.6) is 0 Å². The Hall–Kier alpha value is -0.740. The molecule has 3 nitrogen and oxygen atoms in total. The van der Waals surface area contributed by atoms with Crippen molar-refractivity contribution in [1.29, 1.82) is 0 Å². The highest BCUT2D eigenvalue weighted by molar-refractivity contribution is 9.10. The number of rotatable bonds is 1. The average molecular weight is 321 g/mol. The average Bonchev–Trinajstić information content (AvgIpc) is 2.14. The third kappa shape index (κ3) is 4.21. The topological polar surface area (TPSA) is 29.5 Å². The maximum absolute atomic E-state index is 11.8. The molecule has 0 spiro atoms. The lowest BCUT2D eigenvalue weighted by molar-refractivity contribution is 0.0589. The first kappa shape index (κ1) is 14.3. The standard InChI is InChI=1S/C12H15BrClNO2/c1-12(2,3)17-11(16)15(4)10-6-5-8(13)7-9(10)14/h5-7H,1-4H3. The molecular weight excluding hydrogens is 305 g/mol. The van der Waals surface area contributed by atoms with Gasteiger partial charge < -0.3 is 4.74 Å². The van der Waals surface area contributed by atoms with Gasteiger partial charge in [-0.05, 0) is 39.0 Å². The van der Waals surface area contributed by atoms with Gasteiger partial charge in [0.05, 0.1) is 10.7 Å². The fourth-order valence-electron chi connectivity index (χ4n) is 1.18. The molecule has 0 bridgehead atoms. The molecule has 0 unspecified atom stereocenters. The van der Waals surface area contributed by atoms with Crippen molar-refractivity contribution in [2.45, 2.75) is 26.4 Å². The summed E-state index contributed by atoms with van der Waals surface area (Å²) in [7, 11) is 1.63. The van der Waals surface area contributed by atoms with Gasteiger partial charge in [0.1, 0.15) is 5.60 Å². The van der Waals surface area contributed by atoms with E-state index in [0.717, 1.165) is 4.47 Å². The summed E-state index contributed by atoms with van der Waals surface area (Å²) >= 11 is 9.37. The maximum Gasteiger partial charge on any atom is 0.414 e. The van der Waals surface area contributed by atoms with Crippen molar-refractivity contribution < 1.29 is 9.53 Å². The van der Waals surface area contributed by atoms with E-state index in [1.165, 1.54) is 4.90 Å². The first-order chi connectivity index (χ1) is 7.70. The molecule has 1 rings (SSSR count). The van der Waals surface area contributed by atoms with E-state index in [1.807, 2.05) is 26.8 Å². The number of amides is 1. The zero-order valence-corrected chi connectivity index (χ0v) is 12.6. The van der Waals surface area contributed by atoms with E-state index in [-0.39, 0.29) is 0 Å². The number of nitrogens with zero attached hydrogens (tertiary/aromatic N) is 1. The number of benzene rings is 1. The van der Waals surface area contributed by atoms with E-state index in [2.05, 4.69) is 15.9 Å². The molecule has 0 fully saturated rings. The summed E-state index contributed by atoms with van der Waals surface area (Å²) in [4.78, 5) is 13.2. The zero-order chi connectivity index (χ0) is 13.2. The Morgan fingerprint density at radius 2 is 2.00 bits per heavy atom. The van der Waals surface area contributed by atoms with Crippen LogP contribution in [0.4, 0.5) is 10.5 Å². The van der Waals surface area contributed by atoms with Crippen molar-refractivity contribution in [2.75, 3.05) is 11.9 Å². The van der Waals surface area contributed by atoms with Crippen LogP contribution in [0.1, 0.15) is 20.8 Å². The van der Waals surface area contributed by atoms with Crippen molar-refractivity contribution in [3.8, 4) is 0 Å². The van der Waals surface area contributed by atoms with Gasteiger partial charge in [-0.25, -0.2) is 4.79 Å². The Labute approximate surface area is 115 Å². The van der Waals surface area contributed by atoms with E-state index in [4.69, 9.17) is 16.3 Å². The Morgan fingerprint density at radius 3 is 2.47 bits per heavy atom. The van der Waals surface area contributed by atoms with Crippen molar-refractivity contribution in [3.05, 3.63) is 27.7 Å². The maximum atomic E-state index is 11.8. The van der Waals surface area contributed by atoms with E-state index < -0.39 is 11.7 Å². The SMILES string of the molecule is CN(C(=O)OC(C)(C)C)c1ccc(Br)cc1Cl. The first-order valence-electron chi connectivity index (χ1n) is 5.12. The molecule has 0 radical (unpaired) electrons. The Bertz CT molecular complexity index is 429. The molecule has 17 heavy (non-hydrogen) atoms. The molecule has 0 aliphatic rings. The number of halogens is 2. The van der Waals surface area contributed by atoms with E-state index in [1.54, 1.807) is 19.2 Å². The molecule has 0 saturated carbocycles. The molecule has 0 saturated heterocycles. The monoisotopic (exact) mass is 319 g/mol. The van der Waals surface area contributed by atoms with Crippen LogP contribution in [0.15, 0.2) is 22.7 Å². The predicted molar refractivity (Wildman–Crippen MR) is 73.8 cm³/mol. The van der Waals surface area contributed by atoms with Crippen molar-refractivity contribution in [3.63, 3.8) is 0 Å². The van der Waals surface area contributed by atoms with Gasteiger partial charge in [0, 0.05) is 11.5 Å². The molecule has 0 aromatic heterocycles. The molecule has 1 aromatic rings. The summed E-state index contributed by atoms with van der Waals surface area (Å²) in [5, 5.41) is 0.493. The lowest BCUT2D eigenvalue weighted by atomic mass is 10.2. The van der Waals surface area contributed by atoms with Gasteiger partial charge in [-0.1, -0.05) is 27.5 Å². The molecule has 1 aromatic carbocycles. The van der Waals surface area contributed by atoms with Crippen LogP contribution in [0.25, 0.3) is 0 Å². The minimum absolute atomic E-state index is 0.429. The van der Waals surface area contributed by atoms with E-state index in [9.17, 15) is 4.79 Å². The molecule has 1 amide bonds. The molecule has 0 heterocycles. The fourth-order valence-corrected chi connectivity index (χ4v) is 1.98. The lowest BCUT2D eigenvalue weighted by Crippen LogP contribution is -2.34. The third-order valence-corrected chi connectivity index (χ3v) is 2.73. The van der Waals surface area contributed by atoms with Crippen LogP contribution < -0.4 is 4.90 Å². The highest BCUT2D eigenvalue weighted by Crippen LogP contribution is 2.29. The fraction of sp³-hybridized carbons (Fsp3) is 0.417. The van der Waals surface area contributed by atoms with Gasteiger partial charge in [-0.3, -0.25) is 4.90 Å². The summed E-state index contributed by atoms with van der Waals surface area (Å²) in [5.41, 5.74) is 0.0943. The molecule has 0 N–H and O–H groups in total. The van der Waals surface area contributed by atoms with Gasteiger partial charge in [0.15, 0.2) is 0 Å². The van der Waals surface area contributed by atoms with Crippen LogP contribution in [-0.2, 0) is 4.74 Å². The minimum Gasteiger partial charge on any atom is -0.443 e. The second-order valence-corrected chi connectivity index (χ2v) is 5.96. The molecule has 0 aliphatic carbocycles. The summed E-state index contributed by atoms with van der Waals surface area (Å²) in [6.07, 6.45) is -0.429.